The summed E-state index contributed by atoms with van der Waals surface area (Å²) >= 11 is 0. The summed E-state index contributed by atoms with van der Waals surface area (Å²) in [5.41, 5.74) is 0.261. The van der Waals surface area contributed by atoms with Crippen LogP contribution in [0, 0.1) is 11.8 Å². The van der Waals surface area contributed by atoms with Crippen LogP contribution in [0.5, 0.6) is 0 Å². The molecule has 3 atom stereocenters. The van der Waals surface area contributed by atoms with Gasteiger partial charge in [0.05, 0.1) is 18.5 Å². The molecule has 1 aliphatic heterocycles. The van der Waals surface area contributed by atoms with E-state index >= 15 is 0 Å². The first kappa shape index (κ1) is 20.7. The molecule has 0 spiro atoms. The Labute approximate surface area is 177 Å². The Kier molecular flexibility index (Phi) is 5.55. The number of carbonyl (C=O) groups is 2. The standard InChI is InChI=1S/C21H23N5O5/c1-11(2)17(27)24-21-23-16-14(18(28)25-21)22-10-26(16)19-15(12(3)9-30-19)31-20(29)13-7-5-4-6-8-13/h4-8,10-12,15,19H,9H2,1-3H3,(H2,23,24,25,27,28)/t12-,15+,19+/m0/s1. The number of ether oxygens (including phenoxy) is 2. The lowest BCUT2D eigenvalue weighted by Crippen LogP contribution is -2.30. The molecule has 1 amide bonds. The molecule has 2 N–H and O–H groups in total. The minimum atomic E-state index is -0.712. The zero-order valence-corrected chi connectivity index (χ0v) is 17.4. The second kappa shape index (κ2) is 8.31. The molecule has 10 heteroatoms. The summed E-state index contributed by atoms with van der Waals surface area (Å²) in [4.78, 5) is 48.1. The molecule has 10 nitrogen and oxygen atoms in total. The molecule has 1 saturated heterocycles. The van der Waals surface area contributed by atoms with Crippen molar-refractivity contribution in [1.82, 2.24) is 19.5 Å². The number of anilines is 1. The maximum atomic E-state index is 12.6. The van der Waals surface area contributed by atoms with Gasteiger partial charge in [0, 0.05) is 11.8 Å². The molecule has 1 fully saturated rings. The summed E-state index contributed by atoms with van der Waals surface area (Å²) in [6.07, 6.45) is 0.100. The fraction of sp³-hybridized carbons (Fsp3) is 0.381. The number of aromatic nitrogens is 4. The van der Waals surface area contributed by atoms with E-state index in [2.05, 4.69) is 20.3 Å². The smallest absolute Gasteiger partial charge is 0.338 e. The quantitative estimate of drug-likeness (QED) is 0.599. The minimum absolute atomic E-state index is 0.0156. The van der Waals surface area contributed by atoms with Crippen molar-refractivity contribution in [3.05, 3.63) is 52.6 Å². The number of amides is 1. The van der Waals surface area contributed by atoms with Gasteiger partial charge in [-0.3, -0.25) is 24.5 Å². The van der Waals surface area contributed by atoms with E-state index in [4.69, 9.17) is 9.47 Å². The van der Waals surface area contributed by atoms with Crippen LogP contribution >= 0.6 is 0 Å². The van der Waals surface area contributed by atoms with E-state index < -0.39 is 23.9 Å². The number of fused-ring (bicyclic) bond motifs is 1. The largest absolute Gasteiger partial charge is 0.454 e. The van der Waals surface area contributed by atoms with E-state index in [0.29, 0.717) is 12.2 Å². The number of imidazole rings is 1. The highest BCUT2D eigenvalue weighted by Gasteiger charge is 2.40. The van der Waals surface area contributed by atoms with Gasteiger partial charge in [-0.2, -0.15) is 4.98 Å². The normalized spacial score (nSPS) is 20.8. The average molecular weight is 425 g/mol. The number of nitrogens with zero attached hydrogens (tertiary/aromatic N) is 3. The Morgan fingerprint density at radius 1 is 1.29 bits per heavy atom. The van der Waals surface area contributed by atoms with Crippen molar-refractivity contribution in [3.8, 4) is 0 Å². The first-order valence-electron chi connectivity index (χ1n) is 10.0. The zero-order valence-electron chi connectivity index (χ0n) is 17.4. The lowest BCUT2D eigenvalue weighted by molar-refractivity contribution is -0.118. The average Bonchev–Trinajstić information content (AvgIpc) is 3.32. The fourth-order valence-corrected chi connectivity index (χ4v) is 3.33. The molecular weight excluding hydrogens is 402 g/mol. The molecule has 4 rings (SSSR count). The van der Waals surface area contributed by atoms with E-state index in [1.807, 2.05) is 13.0 Å². The molecule has 0 radical (unpaired) electrons. The molecule has 3 aromatic rings. The predicted molar refractivity (Wildman–Crippen MR) is 111 cm³/mol. The number of hydrogen-bond donors (Lipinski definition) is 2. The lowest BCUT2D eigenvalue weighted by Gasteiger charge is -2.22. The molecule has 31 heavy (non-hydrogen) atoms. The lowest BCUT2D eigenvalue weighted by atomic mass is 10.1. The number of benzene rings is 1. The molecule has 162 valence electrons. The highest BCUT2D eigenvalue weighted by molar-refractivity contribution is 5.91. The Morgan fingerprint density at radius 3 is 2.74 bits per heavy atom. The maximum Gasteiger partial charge on any atom is 0.338 e. The molecular formula is C21H23N5O5. The van der Waals surface area contributed by atoms with Crippen molar-refractivity contribution in [3.63, 3.8) is 0 Å². The molecule has 1 aromatic carbocycles. The van der Waals surface area contributed by atoms with Crippen LogP contribution < -0.4 is 10.9 Å². The number of hydrogen-bond acceptors (Lipinski definition) is 7. The van der Waals surface area contributed by atoms with Crippen LogP contribution in [0.1, 0.15) is 37.4 Å². The summed E-state index contributed by atoms with van der Waals surface area (Å²) in [5.74, 6) is -1.10. The van der Waals surface area contributed by atoms with Crippen LogP contribution in [0.15, 0.2) is 41.5 Å². The van der Waals surface area contributed by atoms with Crippen LogP contribution in [0.25, 0.3) is 11.2 Å². The molecule has 0 saturated carbocycles. The second-order valence-corrected chi connectivity index (χ2v) is 7.82. The topological polar surface area (TPSA) is 128 Å². The van der Waals surface area contributed by atoms with Gasteiger partial charge >= 0.3 is 5.97 Å². The third-order valence-corrected chi connectivity index (χ3v) is 5.10. The number of aromatic amines is 1. The van der Waals surface area contributed by atoms with E-state index in [1.54, 1.807) is 42.7 Å². The predicted octanol–water partition coefficient (Wildman–Crippen LogP) is 2.10. The fourth-order valence-electron chi connectivity index (χ4n) is 3.33. The van der Waals surface area contributed by atoms with E-state index in [-0.39, 0.29) is 34.9 Å². The molecule has 3 heterocycles. The SMILES string of the molecule is CC(C)C(=O)Nc1nc2c(ncn2[C@@H]2OC[C@H](C)[C@H]2OC(=O)c2ccccc2)c(=O)[nH]1. The second-order valence-electron chi connectivity index (χ2n) is 7.82. The van der Waals surface area contributed by atoms with Crippen molar-refractivity contribution < 1.29 is 19.1 Å². The van der Waals surface area contributed by atoms with Gasteiger partial charge in [-0.05, 0) is 12.1 Å². The first-order valence-corrected chi connectivity index (χ1v) is 10.0. The monoisotopic (exact) mass is 425 g/mol. The third-order valence-electron chi connectivity index (χ3n) is 5.10. The van der Waals surface area contributed by atoms with Gasteiger partial charge in [0.2, 0.25) is 11.9 Å². The van der Waals surface area contributed by atoms with Crippen molar-refractivity contribution in [1.29, 1.82) is 0 Å². The maximum absolute atomic E-state index is 12.6. The van der Waals surface area contributed by atoms with Crippen LogP contribution in [0.4, 0.5) is 5.95 Å². The van der Waals surface area contributed by atoms with Crippen molar-refractivity contribution in [2.45, 2.75) is 33.1 Å². The first-order chi connectivity index (χ1) is 14.8. The Bertz CT molecular complexity index is 1170. The summed E-state index contributed by atoms with van der Waals surface area (Å²) in [5, 5.41) is 2.58. The number of nitrogens with one attached hydrogen (secondary N) is 2. The van der Waals surface area contributed by atoms with E-state index in [9.17, 15) is 14.4 Å². The molecule has 0 unspecified atom stereocenters. The van der Waals surface area contributed by atoms with Gasteiger partial charge in [-0.15, -0.1) is 0 Å². The van der Waals surface area contributed by atoms with Crippen molar-refractivity contribution in [2.24, 2.45) is 11.8 Å². The van der Waals surface area contributed by atoms with Gasteiger partial charge in [0.15, 0.2) is 23.5 Å². The summed E-state index contributed by atoms with van der Waals surface area (Å²) in [6, 6.07) is 8.69. The minimum Gasteiger partial charge on any atom is -0.454 e. The van der Waals surface area contributed by atoms with Crippen LogP contribution in [-0.2, 0) is 14.3 Å². The Hall–Kier alpha value is -3.53. The van der Waals surface area contributed by atoms with E-state index in [0.717, 1.165) is 0 Å². The summed E-state index contributed by atoms with van der Waals surface area (Å²) in [6.45, 7) is 5.74. The third kappa shape index (κ3) is 4.06. The van der Waals surface area contributed by atoms with Crippen LogP contribution in [0.2, 0.25) is 0 Å². The summed E-state index contributed by atoms with van der Waals surface area (Å²) < 4.78 is 13.2. The molecule has 1 aliphatic rings. The highest BCUT2D eigenvalue weighted by Crippen LogP contribution is 2.33. The molecule has 0 aliphatic carbocycles. The Morgan fingerprint density at radius 2 is 2.03 bits per heavy atom. The molecule has 2 aromatic heterocycles. The van der Waals surface area contributed by atoms with Crippen molar-refractivity contribution >= 4 is 29.0 Å². The summed E-state index contributed by atoms with van der Waals surface area (Å²) in [7, 11) is 0. The number of esters is 1. The zero-order chi connectivity index (χ0) is 22.1. The Balaban J connectivity index is 1.66. The van der Waals surface area contributed by atoms with Gasteiger partial charge in [-0.1, -0.05) is 39.0 Å². The van der Waals surface area contributed by atoms with Gasteiger partial charge in [0.1, 0.15) is 0 Å². The van der Waals surface area contributed by atoms with Crippen LogP contribution in [-0.4, -0.2) is 44.1 Å². The number of H-pyrrole nitrogens is 1. The van der Waals surface area contributed by atoms with Gasteiger partial charge in [0.25, 0.3) is 5.56 Å². The van der Waals surface area contributed by atoms with Gasteiger partial charge < -0.3 is 9.47 Å². The molecule has 0 bridgehead atoms. The number of rotatable bonds is 5. The van der Waals surface area contributed by atoms with Crippen LogP contribution in [0.3, 0.4) is 0 Å². The number of carbonyl (C=O) groups excluding carboxylic acids is 2. The van der Waals surface area contributed by atoms with Gasteiger partial charge in [-0.25, -0.2) is 9.78 Å². The highest BCUT2D eigenvalue weighted by atomic mass is 16.6. The van der Waals surface area contributed by atoms with E-state index in [1.165, 1.54) is 6.33 Å². The van der Waals surface area contributed by atoms with Crippen molar-refractivity contribution in [2.75, 3.05) is 11.9 Å².